The first-order valence-corrected chi connectivity index (χ1v) is 12.8. The Balaban J connectivity index is 2.81. The van der Waals surface area contributed by atoms with Gasteiger partial charge in [0.2, 0.25) is 17.7 Å². The van der Waals surface area contributed by atoms with Gasteiger partial charge < -0.3 is 37.8 Å². The number of hydrogen-bond acceptors (Lipinski definition) is 7. The van der Waals surface area contributed by atoms with Gasteiger partial charge in [-0.2, -0.15) is 11.8 Å². The van der Waals surface area contributed by atoms with Crippen LogP contribution < -0.4 is 27.8 Å². The summed E-state index contributed by atoms with van der Waals surface area (Å²) in [4.78, 5) is 55.5. The third-order valence-corrected chi connectivity index (χ3v) is 6.24. The molecule has 0 bridgehead atoms. The van der Waals surface area contributed by atoms with E-state index in [2.05, 4.69) is 15.6 Å². The first kappa shape index (κ1) is 29.5. The lowest BCUT2D eigenvalue weighted by Crippen LogP contribution is -2.58. The monoisotopic (exact) mass is 501 g/mol. The maximum atomic E-state index is 13.3. The van der Waals surface area contributed by atoms with Crippen molar-refractivity contribution in [1.29, 1.82) is 0 Å². The minimum Gasteiger partial charge on any atom is -0.480 e. The molecule has 1 saturated heterocycles. The lowest BCUT2D eigenvalue weighted by Gasteiger charge is -2.31. The van der Waals surface area contributed by atoms with Crippen molar-refractivity contribution < 1.29 is 24.3 Å². The van der Waals surface area contributed by atoms with Gasteiger partial charge in [-0.25, -0.2) is 4.79 Å². The molecule has 0 radical (unpaired) electrons. The Labute approximate surface area is 204 Å². The van der Waals surface area contributed by atoms with Gasteiger partial charge in [0.15, 0.2) is 5.96 Å². The third-order valence-electron chi connectivity index (χ3n) is 5.60. The summed E-state index contributed by atoms with van der Waals surface area (Å²) in [6.45, 7) is 4.28. The van der Waals surface area contributed by atoms with E-state index in [1.165, 1.54) is 16.7 Å². The van der Waals surface area contributed by atoms with E-state index in [-0.39, 0.29) is 24.2 Å². The van der Waals surface area contributed by atoms with Crippen LogP contribution in [0, 0.1) is 5.92 Å². The van der Waals surface area contributed by atoms with Crippen molar-refractivity contribution >= 4 is 41.4 Å². The normalized spacial score (nSPS) is 18.1. The number of hydrogen-bond donors (Lipinski definition) is 6. The molecule has 12 nitrogen and oxygen atoms in total. The number of carbonyl (C=O) groups excluding carboxylic acids is 3. The van der Waals surface area contributed by atoms with Crippen molar-refractivity contribution in [2.24, 2.45) is 28.1 Å². The van der Waals surface area contributed by atoms with E-state index < -0.39 is 42.0 Å². The molecule has 1 fully saturated rings. The molecule has 3 amide bonds. The van der Waals surface area contributed by atoms with Gasteiger partial charge in [-0.1, -0.05) is 13.8 Å². The number of carboxylic acid groups (broad SMARTS) is 1. The van der Waals surface area contributed by atoms with Crippen molar-refractivity contribution in [3.63, 3.8) is 0 Å². The highest BCUT2D eigenvalue weighted by Crippen LogP contribution is 2.21. The first-order valence-electron chi connectivity index (χ1n) is 11.4. The molecule has 1 aliphatic heterocycles. The first-order chi connectivity index (χ1) is 16.0. The summed E-state index contributed by atoms with van der Waals surface area (Å²) < 4.78 is 0. The Morgan fingerprint density at radius 1 is 1.18 bits per heavy atom. The van der Waals surface area contributed by atoms with E-state index in [1.54, 1.807) is 13.8 Å². The van der Waals surface area contributed by atoms with E-state index >= 15 is 0 Å². The summed E-state index contributed by atoms with van der Waals surface area (Å²) in [5, 5.41) is 14.7. The van der Waals surface area contributed by atoms with Crippen LogP contribution in [0.5, 0.6) is 0 Å². The molecule has 13 heteroatoms. The topological polar surface area (TPSA) is 206 Å². The number of likely N-dealkylation sites (tertiary alicyclic amines) is 1. The summed E-state index contributed by atoms with van der Waals surface area (Å²) in [7, 11) is 0. The Bertz CT molecular complexity index is 745. The molecule has 9 N–H and O–H groups in total. The van der Waals surface area contributed by atoms with Gasteiger partial charge in [0.25, 0.3) is 0 Å². The highest BCUT2D eigenvalue weighted by molar-refractivity contribution is 7.98. The van der Waals surface area contributed by atoms with Crippen molar-refractivity contribution in [2.45, 2.75) is 70.1 Å². The van der Waals surface area contributed by atoms with Gasteiger partial charge in [0.05, 0.1) is 6.04 Å². The Morgan fingerprint density at radius 3 is 2.41 bits per heavy atom. The summed E-state index contributed by atoms with van der Waals surface area (Å²) in [6.07, 6.45) is 4.01. The largest absolute Gasteiger partial charge is 0.480 e. The SMILES string of the molecule is CSCCC(NC(=O)C1CCCN1C(=O)C(NC(=O)C(N)CCCN=C(N)N)C(C)C)C(=O)O. The summed E-state index contributed by atoms with van der Waals surface area (Å²) in [5.41, 5.74) is 16.5. The lowest BCUT2D eigenvalue weighted by atomic mass is 10.0. The zero-order valence-corrected chi connectivity index (χ0v) is 21.0. The highest BCUT2D eigenvalue weighted by Gasteiger charge is 2.39. The summed E-state index contributed by atoms with van der Waals surface area (Å²) in [6, 6.07) is -3.50. The van der Waals surface area contributed by atoms with Gasteiger partial charge in [-0.3, -0.25) is 19.4 Å². The number of nitrogens with one attached hydrogen (secondary N) is 2. The molecule has 4 atom stereocenters. The van der Waals surface area contributed by atoms with Crippen LogP contribution >= 0.6 is 11.8 Å². The van der Waals surface area contributed by atoms with Crippen molar-refractivity contribution in [2.75, 3.05) is 25.1 Å². The number of aliphatic imine (C=N–C) groups is 1. The fourth-order valence-electron chi connectivity index (χ4n) is 3.67. The quantitative estimate of drug-likeness (QED) is 0.0960. The molecule has 4 unspecified atom stereocenters. The number of thioether (sulfide) groups is 1. The molecular weight excluding hydrogens is 462 g/mol. The fourth-order valence-corrected chi connectivity index (χ4v) is 4.14. The average molecular weight is 502 g/mol. The number of amides is 3. The number of aliphatic carboxylic acids is 1. The molecule has 1 heterocycles. The molecule has 34 heavy (non-hydrogen) atoms. The van der Waals surface area contributed by atoms with Gasteiger partial charge in [-0.05, 0) is 50.0 Å². The van der Waals surface area contributed by atoms with Crippen LogP contribution in [0.3, 0.4) is 0 Å². The molecule has 0 aromatic heterocycles. The van der Waals surface area contributed by atoms with Crippen LogP contribution in [-0.2, 0) is 19.2 Å². The second-order valence-electron chi connectivity index (χ2n) is 8.66. The molecule has 0 spiro atoms. The van der Waals surface area contributed by atoms with E-state index in [4.69, 9.17) is 17.2 Å². The van der Waals surface area contributed by atoms with Crippen LogP contribution in [0.1, 0.15) is 46.0 Å². The number of nitrogens with two attached hydrogens (primary N) is 3. The standard InChI is InChI=1S/C21H39N7O5S/c1-12(2)16(27-17(29)13(22)6-4-9-25-21(23)24)19(31)28-10-5-7-15(28)18(30)26-14(20(32)33)8-11-34-3/h12-16H,4-11,22H2,1-3H3,(H,26,30)(H,27,29)(H,32,33)(H4,23,24,25). The molecule has 0 aromatic rings. The van der Waals surface area contributed by atoms with Crippen LogP contribution in [0.2, 0.25) is 0 Å². The molecule has 0 aromatic carbocycles. The second-order valence-corrected chi connectivity index (χ2v) is 9.64. The summed E-state index contributed by atoms with van der Waals surface area (Å²) in [5.74, 6) is -2.17. The molecule has 1 rings (SSSR count). The van der Waals surface area contributed by atoms with E-state index in [1.807, 2.05) is 6.26 Å². The minimum absolute atomic E-state index is 0.0355. The van der Waals surface area contributed by atoms with Crippen molar-refractivity contribution in [1.82, 2.24) is 15.5 Å². The molecule has 194 valence electrons. The van der Waals surface area contributed by atoms with Crippen molar-refractivity contribution in [3.05, 3.63) is 0 Å². The van der Waals surface area contributed by atoms with E-state index in [9.17, 15) is 24.3 Å². The number of rotatable bonds is 14. The zero-order chi connectivity index (χ0) is 25.8. The van der Waals surface area contributed by atoms with Crippen LogP contribution in [-0.4, -0.2) is 88.9 Å². The van der Waals surface area contributed by atoms with Gasteiger partial charge in [-0.15, -0.1) is 0 Å². The van der Waals surface area contributed by atoms with Crippen LogP contribution in [0.25, 0.3) is 0 Å². The molecule has 0 aliphatic carbocycles. The van der Waals surface area contributed by atoms with Gasteiger partial charge in [0.1, 0.15) is 18.1 Å². The smallest absolute Gasteiger partial charge is 0.326 e. The number of guanidine groups is 1. The van der Waals surface area contributed by atoms with Crippen molar-refractivity contribution in [3.8, 4) is 0 Å². The van der Waals surface area contributed by atoms with Gasteiger partial charge >= 0.3 is 5.97 Å². The maximum Gasteiger partial charge on any atom is 0.326 e. The van der Waals surface area contributed by atoms with Crippen LogP contribution in [0.15, 0.2) is 4.99 Å². The van der Waals surface area contributed by atoms with E-state index in [0.29, 0.717) is 44.5 Å². The predicted molar refractivity (Wildman–Crippen MR) is 132 cm³/mol. The number of nitrogens with zero attached hydrogens (tertiary/aromatic N) is 2. The number of carbonyl (C=O) groups is 4. The average Bonchev–Trinajstić information content (AvgIpc) is 3.26. The summed E-state index contributed by atoms with van der Waals surface area (Å²) >= 11 is 1.49. The lowest BCUT2D eigenvalue weighted by molar-refractivity contribution is -0.145. The highest BCUT2D eigenvalue weighted by atomic mass is 32.2. The van der Waals surface area contributed by atoms with E-state index in [0.717, 1.165) is 0 Å². The van der Waals surface area contributed by atoms with Gasteiger partial charge in [0, 0.05) is 13.1 Å². The van der Waals surface area contributed by atoms with Crippen LogP contribution in [0.4, 0.5) is 0 Å². The predicted octanol–water partition coefficient (Wildman–Crippen LogP) is -1.18. The Hall–Kier alpha value is -2.54. The molecule has 0 saturated carbocycles. The third kappa shape index (κ3) is 9.37. The molecule has 1 aliphatic rings. The minimum atomic E-state index is -1.11. The Kier molecular flexibility index (Phi) is 12.7. The second kappa shape index (κ2) is 14.7. The fraction of sp³-hybridized carbons (Fsp3) is 0.762. The zero-order valence-electron chi connectivity index (χ0n) is 20.2. The molecular formula is C21H39N7O5S. The maximum absolute atomic E-state index is 13.3. The Morgan fingerprint density at radius 2 is 1.85 bits per heavy atom. The number of carboxylic acids is 1.